The van der Waals surface area contributed by atoms with Crippen molar-refractivity contribution in [3.8, 4) is 0 Å². The van der Waals surface area contributed by atoms with Gasteiger partial charge in [-0.05, 0) is 83.5 Å². The van der Waals surface area contributed by atoms with E-state index in [9.17, 15) is 24.2 Å². The lowest BCUT2D eigenvalue weighted by Gasteiger charge is -2.19. The van der Waals surface area contributed by atoms with Crippen molar-refractivity contribution in [2.45, 2.75) is 135 Å². The van der Waals surface area contributed by atoms with Crippen LogP contribution in [-0.2, 0) is 32.7 Å². The van der Waals surface area contributed by atoms with Gasteiger partial charge in [-0.3, -0.25) is 18.6 Å². The Morgan fingerprint density at radius 1 is 0.621 bits per heavy atom. The molecule has 0 spiro atoms. The maximum absolute atomic E-state index is 12.5. The van der Waals surface area contributed by atoms with Gasteiger partial charge in [-0.2, -0.15) is 0 Å². The van der Waals surface area contributed by atoms with Crippen LogP contribution in [0.15, 0.2) is 122 Å². The fourth-order valence-corrected chi connectivity index (χ4v) is 5.56. The Hall–Kier alpha value is -3.63. The third-order valence-electron chi connectivity index (χ3n) is 7.93. The second-order valence-corrected chi connectivity index (χ2v) is 14.8. The van der Waals surface area contributed by atoms with Crippen molar-refractivity contribution in [3.63, 3.8) is 0 Å². The molecule has 4 N–H and O–H groups in total. The highest BCUT2D eigenvalue weighted by atomic mass is 31.2. The van der Waals surface area contributed by atoms with E-state index < -0.39 is 38.6 Å². The van der Waals surface area contributed by atoms with Crippen LogP contribution in [0, 0.1) is 0 Å². The number of unbranched alkanes of at least 4 members (excludes halogenated alkanes) is 4. The number of hydrogen-bond donors (Lipinski definition) is 3. The molecule has 0 radical (unpaired) electrons. The van der Waals surface area contributed by atoms with E-state index in [-0.39, 0.29) is 32.6 Å². The van der Waals surface area contributed by atoms with E-state index in [4.69, 9.17) is 24.3 Å². The van der Waals surface area contributed by atoms with Crippen LogP contribution in [0.3, 0.4) is 0 Å². The molecule has 0 saturated carbocycles. The van der Waals surface area contributed by atoms with Crippen LogP contribution >= 0.6 is 7.82 Å². The number of carbonyl (C=O) groups is 2. The molecule has 11 heteroatoms. The van der Waals surface area contributed by atoms with Gasteiger partial charge < -0.3 is 25.2 Å². The van der Waals surface area contributed by atoms with Crippen LogP contribution in [0.25, 0.3) is 0 Å². The Kier molecular flexibility index (Phi) is 38.9. The van der Waals surface area contributed by atoms with Crippen LogP contribution in [0.5, 0.6) is 0 Å². The lowest BCUT2D eigenvalue weighted by molar-refractivity contribution is -0.161. The van der Waals surface area contributed by atoms with Crippen LogP contribution in [-0.4, -0.2) is 60.5 Å². The molecule has 0 aliphatic carbocycles. The van der Waals surface area contributed by atoms with E-state index in [2.05, 4.69) is 74.6 Å². The summed E-state index contributed by atoms with van der Waals surface area (Å²) in [6.45, 7) is 3.32. The van der Waals surface area contributed by atoms with Gasteiger partial charge in [-0.25, -0.2) is 4.57 Å². The largest absolute Gasteiger partial charge is 0.472 e. The third-order valence-corrected chi connectivity index (χ3v) is 8.91. The number of hydrogen-bond acceptors (Lipinski definition) is 9. The van der Waals surface area contributed by atoms with Crippen molar-refractivity contribution >= 4 is 19.8 Å². The number of phosphoric acid groups is 1. The number of esters is 2. The predicted molar refractivity (Wildman–Crippen MR) is 239 cm³/mol. The highest BCUT2D eigenvalue weighted by molar-refractivity contribution is 7.47. The van der Waals surface area contributed by atoms with Gasteiger partial charge in [-0.1, -0.05) is 148 Å². The summed E-state index contributed by atoms with van der Waals surface area (Å²) in [5, 5.41) is 10.00. The minimum Gasteiger partial charge on any atom is -0.462 e. The number of carbonyl (C=O) groups excluding carboxylic acids is 2. The molecule has 2 unspecified atom stereocenters. The molecule has 58 heavy (non-hydrogen) atoms. The molecule has 0 bridgehead atoms. The second kappa shape index (κ2) is 41.5. The number of rotatable bonds is 37. The highest BCUT2D eigenvalue weighted by Gasteiger charge is 2.25. The second-order valence-electron chi connectivity index (χ2n) is 13.3. The number of aliphatic hydroxyl groups is 1. The number of phosphoric ester groups is 1. The summed E-state index contributed by atoms with van der Waals surface area (Å²) in [6, 6.07) is 0. The molecule has 0 heterocycles. The molecule has 0 saturated heterocycles. The first-order valence-electron chi connectivity index (χ1n) is 21.1. The van der Waals surface area contributed by atoms with Crippen LogP contribution in [0.2, 0.25) is 0 Å². The van der Waals surface area contributed by atoms with Crippen molar-refractivity contribution in [1.29, 1.82) is 0 Å². The Labute approximate surface area is 350 Å². The molecule has 3 atom stereocenters. The SMILES string of the molecule is CC/C=C\C/C=C\CC(O)/C=C/C=C\C/C=C\C/C=C\CCC(=O)O[C@H](COC(=O)CCC/C=C\C/C=C\C/C=C\C/C=C\CCCCC)COP(=O)(O)OCCN. The first-order chi connectivity index (χ1) is 28.2. The minimum atomic E-state index is -4.43. The quantitative estimate of drug-likeness (QED) is 0.0181. The van der Waals surface area contributed by atoms with Crippen LogP contribution in [0.1, 0.15) is 123 Å². The summed E-state index contributed by atoms with van der Waals surface area (Å²) < 4.78 is 32.6. The smallest absolute Gasteiger partial charge is 0.462 e. The molecule has 0 aliphatic rings. The first kappa shape index (κ1) is 54.4. The summed E-state index contributed by atoms with van der Waals surface area (Å²) in [5.74, 6) is -1.04. The molecule has 0 rings (SSSR count). The first-order valence-corrected chi connectivity index (χ1v) is 22.6. The summed E-state index contributed by atoms with van der Waals surface area (Å²) >= 11 is 0. The van der Waals surface area contributed by atoms with Crippen molar-refractivity contribution in [3.05, 3.63) is 122 Å². The van der Waals surface area contributed by atoms with Crippen LogP contribution in [0.4, 0.5) is 0 Å². The molecular formula is C47H74NO9P. The fourth-order valence-electron chi connectivity index (χ4n) is 4.79. The number of ether oxygens (including phenoxy) is 2. The van der Waals surface area contributed by atoms with Gasteiger partial charge in [0.25, 0.3) is 0 Å². The molecule has 0 aromatic rings. The van der Waals surface area contributed by atoms with Gasteiger partial charge >= 0.3 is 19.8 Å². The van der Waals surface area contributed by atoms with Gasteiger partial charge in [0.2, 0.25) is 0 Å². The van der Waals surface area contributed by atoms with Gasteiger partial charge in [0.15, 0.2) is 6.10 Å². The summed E-state index contributed by atoms with van der Waals surface area (Å²) in [4.78, 5) is 34.8. The average Bonchev–Trinajstić information content (AvgIpc) is 3.21. The predicted octanol–water partition coefficient (Wildman–Crippen LogP) is 11.1. The Balaban J connectivity index is 4.48. The maximum atomic E-state index is 12.5. The molecule has 0 aromatic carbocycles. The van der Waals surface area contributed by atoms with Gasteiger partial charge in [0, 0.05) is 19.4 Å². The maximum Gasteiger partial charge on any atom is 0.472 e. The van der Waals surface area contributed by atoms with E-state index in [0.29, 0.717) is 32.1 Å². The number of aliphatic hydroxyl groups excluding tert-OH is 1. The molecule has 0 amide bonds. The van der Waals surface area contributed by atoms with E-state index in [1.165, 1.54) is 19.3 Å². The molecular weight excluding hydrogens is 753 g/mol. The van der Waals surface area contributed by atoms with Crippen molar-refractivity contribution < 1.29 is 42.7 Å². The fraction of sp³-hybridized carbons (Fsp3) is 0.532. The van der Waals surface area contributed by atoms with Crippen molar-refractivity contribution in [2.24, 2.45) is 5.73 Å². The van der Waals surface area contributed by atoms with Gasteiger partial charge in [0.1, 0.15) is 6.61 Å². The third kappa shape index (κ3) is 40.6. The Bertz CT molecular complexity index is 1370. The lowest BCUT2D eigenvalue weighted by atomic mass is 10.2. The van der Waals surface area contributed by atoms with Gasteiger partial charge in [0.05, 0.1) is 19.3 Å². The monoisotopic (exact) mass is 828 g/mol. The standard InChI is InChI=1S/C47H74NO9P/c1-3-5-7-9-11-12-13-14-15-16-17-18-19-23-26-30-34-38-46(50)54-42-45(43-56-58(52,53)55-41-40-48)57-47(51)39-35-31-27-24-21-20-22-25-29-33-37-44(49)36-32-28-10-8-6-4-2/h6,8,11-12,14-15,17-18,20-21,23,25-29,31-33,37,44-45,49H,3-5,7,9-10,13,16,19,22,24,30,34-36,38-43,48H2,1-2H3,(H,52,53)/b8-6-,12-11-,15-14-,18-17-,21-20-,26-23-,29-25-,31-27-,32-28-,37-33+/t44?,45-/m1/s1. The van der Waals surface area contributed by atoms with E-state index in [1.807, 2.05) is 54.7 Å². The van der Waals surface area contributed by atoms with Crippen LogP contribution < -0.4 is 5.73 Å². The van der Waals surface area contributed by atoms with E-state index in [1.54, 1.807) is 6.08 Å². The lowest BCUT2D eigenvalue weighted by Crippen LogP contribution is -2.29. The average molecular weight is 828 g/mol. The van der Waals surface area contributed by atoms with E-state index in [0.717, 1.165) is 44.9 Å². The molecule has 326 valence electrons. The Morgan fingerprint density at radius 3 is 1.78 bits per heavy atom. The topological polar surface area (TPSA) is 155 Å². The zero-order chi connectivity index (χ0) is 42.6. The van der Waals surface area contributed by atoms with Crippen molar-refractivity contribution in [1.82, 2.24) is 0 Å². The summed E-state index contributed by atoms with van der Waals surface area (Å²) in [5.41, 5.74) is 5.33. The normalized spacial score (nSPS) is 15.1. The molecule has 0 fully saturated rings. The zero-order valence-electron chi connectivity index (χ0n) is 35.3. The van der Waals surface area contributed by atoms with Gasteiger partial charge in [-0.15, -0.1) is 0 Å². The van der Waals surface area contributed by atoms with E-state index >= 15 is 0 Å². The highest BCUT2D eigenvalue weighted by Crippen LogP contribution is 2.43. The number of nitrogens with two attached hydrogens (primary N) is 1. The molecule has 0 aliphatic heterocycles. The summed E-state index contributed by atoms with van der Waals surface area (Å²) in [7, 11) is -4.43. The minimum absolute atomic E-state index is 0.0190. The number of allylic oxidation sites excluding steroid dienone is 18. The summed E-state index contributed by atoms with van der Waals surface area (Å²) in [6.07, 6.45) is 52.8. The molecule has 10 nitrogen and oxygen atoms in total. The molecule has 0 aromatic heterocycles. The zero-order valence-corrected chi connectivity index (χ0v) is 36.2. The van der Waals surface area contributed by atoms with Crippen molar-refractivity contribution in [2.75, 3.05) is 26.4 Å². The Morgan fingerprint density at radius 2 is 1.17 bits per heavy atom.